The van der Waals surface area contributed by atoms with Crippen LogP contribution in [-0.2, 0) is 19.9 Å². The van der Waals surface area contributed by atoms with Gasteiger partial charge in [0.2, 0.25) is 0 Å². The number of rotatable bonds is 8. The standard InChI is InChI=1S/C20H26N6O3S/c1-4-6-13(5-2)23-18(27)20-26-25-19(29-20)16-17(21)22-11-15(24-16)12-7-9-14(10-8-12)30(3)28/h7-11,13,20,26,30H,3-6H2,1-2H3,(H2,21,22)(H,23,27). The summed E-state index contributed by atoms with van der Waals surface area (Å²) in [6, 6.07) is 7.10. The quantitative estimate of drug-likeness (QED) is 0.367. The average molecular weight is 431 g/mol. The van der Waals surface area contributed by atoms with Gasteiger partial charge in [0, 0.05) is 16.5 Å². The number of aromatic nitrogens is 2. The van der Waals surface area contributed by atoms with Crippen LogP contribution < -0.4 is 16.5 Å². The van der Waals surface area contributed by atoms with Crippen LogP contribution in [0.3, 0.4) is 0 Å². The van der Waals surface area contributed by atoms with Crippen LogP contribution >= 0.6 is 0 Å². The second-order valence-corrected chi connectivity index (χ2v) is 8.13. The van der Waals surface area contributed by atoms with Crippen LogP contribution in [0.5, 0.6) is 0 Å². The molecule has 3 rings (SSSR count). The molecule has 1 aromatic carbocycles. The van der Waals surface area contributed by atoms with E-state index in [0.717, 1.165) is 24.8 Å². The van der Waals surface area contributed by atoms with E-state index < -0.39 is 16.6 Å². The van der Waals surface area contributed by atoms with Crippen molar-refractivity contribution in [3.8, 4) is 11.3 Å². The molecule has 2 aromatic rings. The van der Waals surface area contributed by atoms with Crippen LogP contribution in [0, 0.1) is 0 Å². The number of carbonyl (C=O) groups is 1. The molecule has 0 bridgehead atoms. The minimum absolute atomic E-state index is 0.0848. The zero-order chi connectivity index (χ0) is 21.7. The molecule has 0 saturated carbocycles. The molecule has 1 aromatic heterocycles. The van der Waals surface area contributed by atoms with Crippen molar-refractivity contribution in [2.75, 3.05) is 5.73 Å². The number of ether oxygens (including phenoxy) is 1. The number of hydrogen-bond donors (Lipinski definition) is 4. The van der Waals surface area contributed by atoms with Gasteiger partial charge >= 0.3 is 0 Å². The molecule has 9 nitrogen and oxygen atoms in total. The van der Waals surface area contributed by atoms with E-state index in [9.17, 15) is 9.00 Å². The van der Waals surface area contributed by atoms with Crippen molar-refractivity contribution in [1.29, 1.82) is 0 Å². The summed E-state index contributed by atoms with van der Waals surface area (Å²) in [6.45, 7) is 4.09. The lowest BCUT2D eigenvalue weighted by Gasteiger charge is -2.18. The smallest absolute Gasteiger partial charge is 0.284 e. The Labute approximate surface area is 177 Å². The summed E-state index contributed by atoms with van der Waals surface area (Å²) in [5, 5.41) is 7.03. The third kappa shape index (κ3) is 4.88. The first-order valence-corrected chi connectivity index (χ1v) is 11.2. The molecule has 0 radical (unpaired) electrons. The van der Waals surface area contributed by atoms with E-state index in [-0.39, 0.29) is 29.4 Å². The summed E-state index contributed by atoms with van der Waals surface area (Å²) in [7, 11) is -1.66. The van der Waals surface area contributed by atoms with Gasteiger partial charge in [-0.1, -0.05) is 32.4 Å². The number of nitrogen functional groups attached to an aromatic ring is 1. The highest BCUT2D eigenvalue weighted by Gasteiger charge is 2.30. The Morgan fingerprint density at radius 2 is 2.10 bits per heavy atom. The van der Waals surface area contributed by atoms with Crippen molar-refractivity contribution < 1.29 is 13.7 Å². The number of nitrogens with zero attached hydrogens (tertiary/aromatic N) is 3. The average Bonchev–Trinajstić information content (AvgIpc) is 3.24. The number of benzene rings is 1. The maximum Gasteiger partial charge on any atom is 0.284 e. The highest BCUT2D eigenvalue weighted by atomic mass is 32.2. The molecule has 3 atom stereocenters. The third-order valence-electron chi connectivity index (χ3n) is 4.68. The maximum atomic E-state index is 12.5. The Morgan fingerprint density at radius 1 is 1.37 bits per heavy atom. The summed E-state index contributed by atoms with van der Waals surface area (Å²) in [5.41, 5.74) is 10.2. The predicted octanol–water partition coefficient (Wildman–Crippen LogP) is 1.30. The number of hydrazone groups is 1. The molecular formula is C20H26N6O3S. The molecule has 0 spiro atoms. The van der Waals surface area contributed by atoms with E-state index in [0.29, 0.717) is 10.6 Å². The number of anilines is 1. The third-order valence-corrected chi connectivity index (χ3v) is 5.56. The fourth-order valence-electron chi connectivity index (χ4n) is 3.00. The van der Waals surface area contributed by atoms with Crippen LogP contribution in [0.15, 0.2) is 40.5 Å². The SMILES string of the molecule is C=[SH](=O)c1ccc(-c2cnc(N)c(C3=NNC(C(=O)NC(CC)CCC)O3)n2)cc1. The monoisotopic (exact) mass is 430 g/mol. The van der Waals surface area contributed by atoms with Gasteiger partial charge in [-0.25, -0.2) is 9.97 Å². The Hall–Kier alpha value is -3.14. The first-order chi connectivity index (χ1) is 14.4. The van der Waals surface area contributed by atoms with Crippen molar-refractivity contribution in [2.24, 2.45) is 5.10 Å². The molecule has 30 heavy (non-hydrogen) atoms. The number of nitrogens with two attached hydrogens (primary N) is 1. The van der Waals surface area contributed by atoms with Crippen LogP contribution in [0.25, 0.3) is 11.3 Å². The number of hydrogen-bond acceptors (Lipinski definition) is 8. The highest BCUT2D eigenvalue weighted by Crippen LogP contribution is 2.21. The van der Waals surface area contributed by atoms with E-state index in [2.05, 4.69) is 38.6 Å². The van der Waals surface area contributed by atoms with Gasteiger partial charge in [-0.15, -0.1) is 5.10 Å². The largest absolute Gasteiger partial charge is 0.440 e. The Morgan fingerprint density at radius 3 is 2.73 bits per heavy atom. The van der Waals surface area contributed by atoms with E-state index in [4.69, 9.17) is 10.5 Å². The van der Waals surface area contributed by atoms with E-state index in [1.807, 2.05) is 6.92 Å². The second kappa shape index (κ2) is 9.57. The first kappa shape index (κ1) is 21.6. The summed E-state index contributed by atoms with van der Waals surface area (Å²) >= 11 is 0. The zero-order valence-electron chi connectivity index (χ0n) is 17.0. The summed E-state index contributed by atoms with van der Waals surface area (Å²) < 4.78 is 17.1. The molecule has 1 aliphatic rings. The zero-order valence-corrected chi connectivity index (χ0v) is 17.9. The van der Waals surface area contributed by atoms with Gasteiger partial charge in [0.05, 0.1) is 11.9 Å². The van der Waals surface area contributed by atoms with Gasteiger partial charge < -0.3 is 15.8 Å². The Balaban J connectivity index is 1.75. The molecule has 0 fully saturated rings. The van der Waals surface area contributed by atoms with Gasteiger partial charge in [0.1, 0.15) is 0 Å². The Kier molecular flexibility index (Phi) is 6.88. The summed E-state index contributed by atoms with van der Waals surface area (Å²) in [6.07, 6.45) is 3.28. The fraction of sp³-hybridized carbons (Fsp3) is 0.350. The van der Waals surface area contributed by atoms with E-state index in [1.54, 1.807) is 24.3 Å². The number of amides is 1. The molecule has 1 amide bonds. The van der Waals surface area contributed by atoms with Crippen molar-refractivity contribution in [1.82, 2.24) is 20.7 Å². The van der Waals surface area contributed by atoms with Gasteiger partial charge in [-0.2, -0.15) is 0 Å². The highest BCUT2D eigenvalue weighted by molar-refractivity contribution is 7.82. The van der Waals surface area contributed by atoms with Crippen molar-refractivity contribution >= 4 is 33.9 Å². The molecule has 10 heteroatoms. The van der Waals surface area contributed by atoms with Crippen molar-refractivity contribution in [2.45, 2.75) is 50.3 Å². The van der Waals surface area contributed by atoms with Crippen LogP contribution in [0.4, 0.5) is 5.82 Å². The van der Waals surface area contributed by atoms with Crippen molar-refractivity contribution in [3.05, 3.63) is 36.2 Å². The number of carbonyl (C=O) groups excluding carboxylic acids is 1. The number of thiol groups is 1. The molecule has 4 N–H and O–H groups in total. The van der Waals surface area contributed by atoms with Gasteiger partial charge in [0.25, 0.3) is 18.0 Å². The second-order valence-electron chi connectivity index (χ2n) is 6.86. The molecule has 160 valence electrons. The van der Waals surface area contributed by atoms with Gasteiger partial charge in [-0.05, 0) is 41.2 Å². The molecule has 0 aliphatic carbocycles. The lowest BCUT2D eigenvalue weighted by atomic mass is 10.1. The first-order valence-electron chi connectivity index (χ1n) is 9.74. The summed E-state index contributed by atoms with van der Waals surface area (Å²) in [5.74, 6) is 3.47. The minimum atomic E-state index is -1.66. The maximum absolute atomic E-state index is 12.5. The molecule has 3 unspecified atom stereocenters. The van der Waals surface area contributed by atoms with Crippen LogP contribution in [0.1, 0.15) is 38.8 Å². The predicted molar refractivity (Wildman–Crippen MR) is 118 cm³/mol. The summed E-state index contributed by atoms with van der Waals surface area (Å²) in [4.78, 5) is 21.8. The van der Waals surface area contributed by atoms with E-state index >= 15 is 0 Å². The van der Waals surface area contributed by atoms with Crippen molar-refractivity contribution in [3.63, 3.8) is 0 Å². The molecule has 2 heterocycles. The Bertz CT molecular complexity index is 1010. The van der Waals surface area contributed by atoms with Gasteiger partial charge in [0.15, 0.2) is 11.5 Å². The lowest BCUT2D eigenvalue weighted by Crippen LogP contribution is -2.45. The minimum Gasteiger partial charge on any atom is -0.440 e. The van der Waals surface area contributed by atoms with Crippen LogP contribution in [-0.4, -0.2) is 44.1 Å². The lowest BCUT2D eigenvalue weighted by molar-refractivity contribution is -0.129. The molecule has 1 aliphatic heterocycles. The fourth-order valence-corrected chi connectivity index (χ4v) is 3.48. The number of nitrogens with one attached hydrogen (secondary N) is 2. The molecular weight excluding hydrogens is 404 g/mol. The molecule has 0 saturated heterocycles. The normalized spacial score (nSPS) is 17.4. The van der Waals surface area contributed by atoms with Crippen LogP contribution in [0.2, 0.25) is 0 Å². The van der Waals surface area contributed by atoms with E-state index in [1.165, 1.54) is 6.20 Å². The topological polar surface area (TPSA) is 132 Å². The van der Waals surface area contributed by atoms with Gasteiger partial charge in [-0.3, -0.25) is 14.4 Å².